The lowest BCUT2D eigenvalue weighted by atomic mass is 10.2. The molecule has 3 heterocycles. The van der Waals surface area contributed by atoms with E-state index >= 15 is 0 Å². The van der Waals surface area contributed by atoms with Gasteiger partial charge >= 0.3 is 5.97 Å². The Labute approximate surface area is 130 Å². The third-order valence-corrected chi connectivity index (χ3v) is 4.07. The highest BCUT2D eigenvalue weighted by Crippen LogP contribution is 2.21. The molecule has 0 bridgehead atoms. The molecule has 0 aromatic carbocycles. The van der Waals surface area contributed by atoms with Gasteiger partial charge in [-0.25, -0.2) is 0 Å². The molecule has 0 fully saturated rings. The fraction of sp³-hybridized carbons (Fsp3) is 0.286. The topological polar surface area (TPSA) is 83.6 Å². The van der Waals surface area contributed by atoms with Crippen molar-refractivity contribution in [1.29, 1.82) is 0 Å². The third-order valence-electron chi connectivity index (χ3n) is 3.39. The van der Waals surface area contributed by atoms with E-state index in [0.29, 0.717) is 23.8 Å². The van der Waals surface area contributed by atoms with Gasteiger partial charge < -0.3 is 10.0 Å². The smallest absolute Gasteiger partial charge is 0.308 e. The lowest BCUT2D eigenvalue weighted by molar-refractivity contribution is -0.140. The molecule has 0 spiro atoms. The Morgan fingerprint density at radius 2 is 2.23 bits per heavy atom. The van der Waals surface area contributed by atoms with E-state index in [9.17, 15) is 4.79 Å². The van der Waals surface area contributed by atoms with Gasteiger partial charge in [-0.15, -0.1) is 15.3 Å². The number of rotatable bonds is 5. The second-order valence-corrected chi connectivity index (χ2v) is 5.90. The molecule has 0 saturated carbocycles. The van der Waals surface area contributed by atoms with Crippen LogP contribution in [0.5, 0.6) is 0 Å². The first kappa shape index (κ1) is 14.5. The largest absolute Gasteiger partial charge is 0.481 e. The number of hydrogen-bond acceptors (Lipinski definition) is 6. The Hall–Kier alpha value is -2.48. The monoisotopic (exact) mass is 317 g/mol. The van der Waals surface area contributed by atoms with Crippen molar-refractivity contribution in [2.45, 2.75) is 6.92 Å². The van der Waals surface area contributed by atoms with Crippen LogP contribution in [0, 0.1) is 5.92 Å². The van der Waals surface area contributed by atoms with Crippen molar-refractivity contribution >= 4 is 28.8 Å². The lowest BCUT2D eigenvalue weighted by Crippen LogP contribution is -2.29. The molecular formula is C14H15N5O2S. The summed E-state index contributed by atoms with van der Waals surface area (Å²) >= 11 is 1.58. The summed E-state index contributed by atoms with van der Waals surface area (Å²) in [4.78, 5) is 12.8. The molecule has 0 aliphatic carbocycles. The normalized spacial score (nSPS) is 12.5. The highest BCUT2D eigenvalue weighted by molar-refractivity contribution is 7.08. The van der Waals surface area contributed by atoms with Crippen LogP contribution in [0.25, 0.3) is 17.0 Å². The zero-order valence-electron chi connectivity index (χ0n) is 12.2. The summed E-state index contributed by atoms with van der Waals surface area (Å²) in [6.45, 7) is 2.05. The van der Waals surface area contributed by atoms with Gasteiger partial charge in [-0.1, -0.05) is 6.92 Å². The molecule has 3 aromatic heterocycles. The van der Waals surface area contributed by atoms with E-state index in [-0.39, 0.29) is 0 Å². The van der Waals surface area contributed by atoms with Gasteiger partial charge in [0.2, 0.25) is 0 Å². The Balaban J connectivity index is 1.95. The number of thiophene rings is 1. The number of anilines is 1. The van der Waals surface area contributed by atoms with Gasteiger partial charge in [0.15, 0.2) is 11.5 Å². The quantitative estimate of drug-likeness (QED) is 0.775. The molecule has 8 heteroatoms. The maximum Gasteiger partial charge on any atom is 0.308 e. The minimum absolute atomic E-state index is 0.379. The van der Waals surface area contributed by atoms with E-state index in [1.807, 2.05) is 40.9 Å². The van der Waals surface area contributed by atoms with Gasteiger partial charge in [0.1, 0.15) is 5.82 Å². The summed E-state index contributed by atoms with van der Waals surface area (Å²) in [5, 5.41) is 25.8. The van der Waals surface area contributed by atoms with E-state index in [1.165, 1.54) is 0 Å². The predicted molar refractivity (Wildman–Crippen MR) is 84.2 cm³/mol. The van der Waals surface area contributed by atoms with E-state index in [1.54, 1.807) is 22.8 Å². The lowest BCUT2D eigenvalue weighted by Gasteiger charge is -2.20. The Morgan fingerprint density at radius 3 is 2.91 bits per heavy atom. The first-order chi connectivity index (χ1) is 10.6. The minimum atomic E-state index is -0.823. The molecule has 3 rings (SSSR count). The molecule has 0 radical (unpaired) electrons. The molecule has 7 nitrogen and oxygen atoms in total. The minimum Gasteiger partial charge on any atom is -0.481 e. The van der Waals surface area contributed by atoms with Crippen molar-refractivity contribution in [3.8, 4) is 11.4 Å². The maximum absolute atomic E-state index is 11.0. The number of nitrogens with zero attached hydrogens (tertiary/aromatic N) is 5. The van der Waals surface area contributed by atoms with E-state index in [0.717, 1.165) is 5.56 Å². The average Bonchev–Trinajstić information content (AvgIpc) is 3.14. The van der Waals surface area contributed by atoms with Crippen LogP contribution >= 0.6 is 11.3 Å². The maximum atomic E-state index is 11.0. The highest BCUT2D eigenvalue weighted by Gasteiger charge is 2.16. The molecule has 0 saturated heterocycles. The van der Waals surface area contributed by atoms with Gasteiger partial charge in [-0.05, 0) is 23.6 Å². The summed E-state index contributed by atoms with van der Waals surface area (Å²) < 4.78 is 1.68. The molecule has 1 N–H and O–H groups in total. The molecule has 114 valence electrons. The summed E-state index contributed by atoms with van der Waals surface area (Å²) in [6.07, 6.45) is 0. The van der Waals surface area contributed by atoms with Crippen molar-refractivity contribution in [3.63, 3.8) is 0 Å². The molecule has 3 aromatic rings. The van der Waals surface area contributed by atoms with Crippen LogP contribution < -0.4 is 4.90 Å². The Bertz CT molecular complexity index is 799. The molecule has 1 unspecified atom stereocenters. The second kappa shape index (κ2) is 5.72. The fourth-order valence-electron chi connectivity index (χ4n) is 2.14. The second-order valence-electron chi connectivity index (χ2n) is 5.12. The van der Waals surface area contributed by atoms with Crippen LogP contribution in [0.1, 0.15) is 6.92 Å². The molecular weight excluding hydrogens is 302 g/mol. The zero-order valence-corrected chi connectivity index (χ0v) is 13.0. The molecule has 0 amide bonds. The average molecular weight is 317 g/mol. The van der Waals surface area contributed by atoms with Crippen molar-refractivity contribution < 1.29 is 9.90 Å². The van der Waals surface area contributed by atoms with Crippen molar-refractivity contribution in [2.75, 3.05) is 18.5 Å². The summed E-state index contributed by atoms with van der Waals surface area (Å²) in [5.74, 6) is 0.0607. The molecule has 0 aliphatic rings. The van der Waals surface area contributed by atoms with Crippen LogP contribution in [0.2, 0.25) is 0 Å². The third kappa shape index (κ3) is 2.64. The standard InChI is InChI=1S/C14H15N5O2S/c1-9(14(20)21)7-18(2)12-4-3-11-15-16-13(19(11)17-12)10-5-6-22-8-10/h3-6,8-9H,7H2,1-2H3,(H,20,21). The number of fused-ring (bicyclic) bond motifs is 1. The first-order valence-corrected chi connectivity index (χ1v) is 7.69. The van der Waals surface area contributed by atoms with Crippen LogP contribution in [0.15, 0.2) is 29.0 Å². The van der Waals surface area contributed by atoms with Crippen LogP contribution in [-0.2, 0) is 4.79 Å². The van der Waals surface area contributed by atoms with Gasteiger partial charge in [-0.2, -0.15) is 15.9 Å². The SMILES string of the molecule is CC(CN(C)c1ccc2nnc(-c3ccsc3)n2n1)C(=O)O. The zero-order chi connectivity index (χ0) is 15.7. The molecule has 0 aliphatic heterocycles. The van der Waals surface area contributed by atoms with Crippen LogP contribution in [0.4, 0.5) is 5.82 Å². The van der Waals surface area contributed by atoms with E-state index < -0.39 is 11.9 Å². The number of carbonyl (C=O) groups is 1. The van der Waals surface area contributed by atoms with Crippen molar-refractivity contribution in [2.24, 2.45) is 5.92 Å². The number of carboxylic acids is 1. The van der Waals surface area contributed by atoms with Gasteiger partial charge in [0.05, 0.1) is 5.92 Å². The Kier molecular flexibility index (Phi) is 3.76. The first-order valence-electron chi connectivity index (χ1n) is 6.75. The van der Waals surface area contributed by atoms with Crippen molar-refractivity contribution in [1.82, 2.24) is 19.8 Å². The van der Waals surface area contributed by atoms with E-state index in [2.05, 4.69) is 15.3 Å². The number of hydrogen-bond donors (Lipinski definition) is 1. The highest BCUT2D eigenvalue weighted by atomic mass is 32.1. The van der Waals surface area contributed by atoms with Gasteiger partial charge in [0.25, 0.3) is 0 Å². The van der Waals surface area contributed by atoms with E-state index in [4.69, 9.17) is 5.11 Å². The van der Waals surface area contributed by atoms with Crippen molar-refractivity contribution in [3.05, 3.63) is 29.0 Å². The molecule has 1 atom stereocenters. The summed E-state index contributed by atoms with van der Waals surface area (Å²) in [5.41, 5.74) is 1.62. The summed E-state index contributed by atoms with van der Waals surface area (Å²) in [7, 11) is 1.82. The van der Waals surface area contributed by atoms with Crippen LogP contribution in [0.3, 0.4) is 0 Å². The Morgan fingerprint density at radius 1 is 1.41 bits per heavy atom. The molecule has 22 heavy (non-hydrogen) atoms. The summed E-state index contributed by atoms with van der Waals surface area (Å²) in [6, 6.07) is 5.61. The number of aromatic nitrogens is 4. The van der Waals surface area contributed by atoms with Gasteiger partial charge in [0, 0.05) is 24.5 Å². The number of carboxylic acid groups (broad SMARTS) is 1. The fourth-order valence-corrected chi connectivity index (χ4v) is 2.77. The van der Waals surface area contributed by atoms with Gasteiger partial charge in [-0.3, -0.25) is 4.79 Å². The predicted octanol–water partition coefficient (Wildman–Crippen LogP) is 2.01. The number of aliphatic carboxylic acids is 1. The van der Waals surface area contributed by atoms with Crippen LogP contribution in [-0.4, -0.2) is 44.5 Å².